The van der Waals surface area contributed by atoms with Crippen LogP contribution in [0.15, 0.2) is 0 Å². The highest BCUT2D eigenvalue weighted by molar-refractivity contribution is 4.91. The maximum atomic E-state index is 10.8. The monoisotopic (exact) mass is 256 g/mol. The first-order valence-electron chi connectivity index (χ1n) is 7.80. The van der Waals surface area contributed by atoms with Gasteiger partial charge < -0.3 is 5.11 Å². The highest BCUT2D eigenvalue weighted by atomic mass is 16.3. The van der Waals surface area contributed by atoms with Gasteiger partial charge in [0.25, 0.3) is 0 Å². The molecule has 1 N–H and O–H groups in total. The van der Waals surface area contributed by atoms with Gasteiger partial charge in [-0.2, -0.15) is 0 Å². The van der Waals surface area contributed by atoms with Crippen LogP contribution >= 0.6 is 0 Å². The molecule has 0 spiro atoms. The van der Waals surface area contributed by atoms with Crippen LogP contribution in [0.3, 0.4) is 0 Å². The lowest BCUT2D eigenvalue weighted by atomic mass is 9.67. The molecule has 0 aliphatic carbocycles. The Bertz CT molecular complexity index is 224. The van der Waals surface area contributed by atoms with Crippen LogP contribution in [-0.4, -0.2) is 10.7 Å². The second-order valence-corrected chi connectivity index (χ2v) is 7.47. The van der Waals surface area contributed by atoms with Gasteiger partial charge in [0, 0.05) is 0 Å². The molecule has 4 atom stereocenters. The minimum absolute atomic E-state index is 0.0568. The van der Waals surface area contributed by atoms with Crippen LogP contribution < -0.4 is 0 Å². The van der Waals surface area contributed by atoms with Crippen LogP contribution in [-0.2, 0) is 0 Å². The van der Waals surface area contributed by atoms with E-state index in [4.69, 9.17) is 0 Å². The lowest BCUT2D eigenvalue weighted by molar-refractivity contribution is -0.0916. The number of hydrogen-bond donors (Lipinski definition) is 1. The average molecular weight is 256 g/mol. The summed E-state index contributed by atoms with van der Waals surface area (Å²) in [6.45, 7) is 17.6. The SMILES string of the molecule is CCCC(C)[C@@H](CC)CC(C)C(C)(O)C(C)(C)C. The minimum Gasteiger partial charge on any atom is -0.389 e. The molecule has 1 nitrogen and oxygen atoms in total. The lowest BCUT2D eigenvalue weighted by Gasteiger charge is -2.43. The van der Waals surface area contributed by atoms with Crippen molar-refractivity contribution in [2.24, 2.45) is 23.2 Å². The zero-order chi connectivity index (χ0) is 14.6. The molecule has 0 radical (unpaired) electrons. The van der Waals surface area contributed by atoms with E-state index in [1.54, 1.807) is 0 Å². The predicted molar refractivity (Wildman–Crippen MR) is 81.7 cm³/mol. The smallest absolute Gasteiger partial charge is 0.0693 e. The summed E-state index contributed by atoms with van der Waals surface area (Å²) in [4.78, 5) is 0. The van der Waals surface area contributed by atoms with E-state index in [1.165, 1.54) is 19.3 Å². The van der Waals surface area contributed by atoms with Gasteiger partial charge in [0.15, 0.2) is 0 Å². The first-order chi connectivity index (χ1) is 8.07. The van der Waals surface area contributed by atoms with Gasteiger partial charge in [0.2, 0.25) is 0 Å². The molecule has 0 bridgehead atoms. The molecule has 0 aromatic rings. The van der Waals surface area contributed by atoms with E-state index >= 15 is 0 Å². The van der Waals surface area contributed by atoms with Crippen molar-refractivity contribution < 1.29 is 5.11 Å². The van der Waals surface area contributed by atoms with E-state index in [9.17, 15) is 5.11 Å². The molecule has 0 aromatic heterocycles. The Labute approximate surface area is 115 Å². The van der Waals surface area contributed by atoms with Crippen molar-refractivity contribution in [2.45, 2.75) is 86.7 Å². The molecule has 0 saturated heterocycles. The zero-order valence-corrected chi connectivity index (χ0v) is 14.0. The summed E-state index contributed by atoms with van der Waals surface area (Å²) >= 11 is 0. The molecule has 0 aliphatic rings. The van der Waals surface area contributed by atoms with E-state index in [0.29, 0.717) is 5.92 Å². The number of aliphatic hydroxyl groups is 1. The standard InChI is InChI=1S/C17H36O/c1-9-11-13(3)15(10-2)12-14(4)17(8,18)16(5,6)7/h13-15,18H,9-12H2,1-8H3/t13?,14?,15-,17?/m0/s1. The van der Waals surface area contributed by atoms with Crippen LogP contribution in [0.1, 0.15) is 81.1 Å². The molecule has 0 rings (SSSR count). The second-order valence-electron chi connectivity index (χ2n) is 7.47. The first kappa shape index (κ1) is 18.0. The van der Waals surface area contributed by atoms with Crippen molar-refractivity contribution in [3.8, 4) is 0 Å². The fourth-order valence-electron chi connectivity index (χ4n) is 2.92. The molecule has 0 amide bonds. The van der Waals surface area contributed by atoms with Crippen LogP contribution in [0.2, 0.25) is 0 Å². The van der Waals surface area contributed by atoms with Crippen molar-refractivity contribution in [1.29, 1.82) is 0 Å². The summed E-state index contributed by atoms with van der Waals surface area (Å²) in [7, 11) is 0. The maximum Gasteiger partial charge on any atom is 0.0693 e. The van der Waals surface area contributed by atoms with E-state index in [-0.39, 0.29) is 5.41 Å². The van der Waals surface area contributed by atoms with E-state index in [0.717, 1.165) is 18.3 Å². The Balaban J connectivity index is 4.66. The van der Waals surface area contributed by atoms with Crippen molar-refractivity contribution >= 4 is 0 Å². The van der Waals surface area contributed by atoms with E-state index < -0.39 is 5.60 Å². The molecule has 0 aromatic carbocycles. The molecule has 18 heavy (non-hydrogen) atoms. The molecular weight excluding hydrogens is 220 g/mol. The molecule has 0 aliphatic heterocycles. The van der Waals surface area contributed by atoms with Crippen molar-refractivity contribution in [1.82, 2.24) is 0 Å². The molecule has 0 fully saturated rings. The molecule has 0 saturated carbocycles. The van der Waals surface area contributed by atoms with Gasteiger partial charge in [-0.15, -0.1) is 0 Å². The summed E-state index contributed by atoms with van der Waals surface area (Å²) in [5, 5.41) is 10.8. The topological polar surface area (TPSA) is 20.2 Å². The van der Waals surface area contributed by atoms with Gasteiger partial charge >= 0.3 is 0 Å². The van der Waals surface area contributed by atoms with Gasteiger partial charge in [-0.25, -0.2) is 0 Å². The fourth-order valence-corrected chi connectivity index (χ4v) is 2.92. The van der Waals surface area contributed by atoms with Crippen molar-refractivity contribution in [3.05, 3.63) is 0 Å². The Morgan fingerprint density at radius 1 is 1.00 bits per heavy atom. The number of rotatable bonds is 7. The zero-order valence-electron chi connectivity index (χ0n) is 14.0. The van der Waals surface area contributed by atoms with Crippen LogP contribution in [0.4, 0.5) is 0 Å². The van der Waals surface area contributed by atoms with Crippen LogP contribution in [0.25, 0.3) is 0 Å². The molecule has 110 valence electrons. The summed E-state index contributed by atoms with van der Waals surface area (Å²) in [6, 6.07) is 0. The summed E-state index contributed by atoms with van der Waals surface area (Å²) in [6.07, 6.45) is 4.94. The van der Waals surface area contributed by atoms with Gasteiger partial charge in [-0.1, -0.05) is 67.7 Å². The van der Waals surface area contributed by atoms with Crippen LogP contribution in [0, 0.1) is 23.2 Å². The first-order valence-corrected chi connectivity index (χ1v) is 7.80. The number of hydrogen-bond acceptors (Lipinski definition) is 1. The Hall–Kier alpha value is -0.0400. The largest absolute Gasteiger partial charge is 0.389 e. The Morgan fingerprint density at radius 2 is 1.50 bits per heavy atom. The van der Waals surface area contributed by atoms with E-state index in [2.05, 4.69) is 48.5 Å². The Kier molecular flexibility index (Phi) is 6.92. The molecule has 0 heterocycles. The van der Waals surface area contributed by atoms with Gasteiger partial charge in [-0.3, -0.25) is 0 Å². The van der Waals surface area contributed by atoms with Gasteiger partial charge in [-0.05, 0) is 36.5 Å². The normalized spacial score (nSPS) is 21.2. The minimum atomic E-state index is -0.591. The third-order valence-electron chi connectivity index (χ3n) is 5.21. The van der Waals surface area contributed by atoms with Gasteiger partial charge in [0.05, 0.1) is 5.60 Å². The van der Waals surface area contributed by atoms with E-state index in [1.807, 2.05) is 6.92 Å². The average Bonchev–Trinajstić information content (AvgIpc) is 2.23. The quantitative estimate of drug-likeness (QED) is 0.657. The lowest BCUT2D eigenvalue weighted by Crippen LogP contribution is -2.46. The molecular formula is C17H36O. The second kappa shape index (κ2) is 6.93. The maximum absolute atomic E-state index is 10.8. The fraction of sp³-hybridized carbons (Fsp3) is 1.00. The summed E-state index contributed by atoms with van der Waals surface area (Å²) in [5.41, 5.74) is -0.648. The van der Waals surface area contributed by atoms with Gasteiger partial charge in [0.1, 0.15) is 0 Å². The van der Waals surface area contributed by atoms with Crippen LogP contribution in [0.5, 0.6) is 0 Å². The molecule has 3 unspecified atom stereocenters. The molecule has 1 heteroatoms. The summed E-state index contributed by atoms with van der Waals surface area (Å²) in [5.74, 6) is 1.87. The predicted octanol–water partition coefficient (Wildman–Crippen LogP) is 5.27. The highest BCUT2D eigenvalue weighted by Gasteiger charge is 2.40. The van der Waals surface area contributed by atoms with Crippen molar-refractivity contribution in [3.63, 3.8) is 0 Å². The third-order valence-corrected chi connectivity index (χ3v) is 5.21. The Morgan fingerprint density at radius 3 is 1.83 bits per heavy atom. The third kappa shape index (κ3) is 4.57. The highest BCUT2D eigenvalue weighted by Crippen LogP contribution is 2.40. The summed E-state index contributed by atoms with van der Waals surface area (Å²) < 4.78 is 0. The van der Waals surface area contributed by atoms with Crippen molar-refractivity contribution in [2.75, 3.05) is 0 Å².